The summed E-state index contributed by atoms with van der Waals surface area (Å²) in [4.78, 5) is 0. The van der Waals surface area contributed by atoms with Gasteiger partial charge in [0.15, 0.2) is 0 Å². The van der Waals surface area contributed by atoms with Gasteiger partial charge in [0, 0.05) is 5.39 Å². The largest absolute Gasteiger partial charge is 0.459 e. The monoisotopic (exact) mass is 243 g/mol. The lowest BCUT2D eigenvalue weighted by Crippen LogP contribution is -2.16. The molecule has 2 aromatic rings. The van der Waals surface area contributed by atoms with Crippen molar-refractivity contribution in [1.29, 1.82) is 0 Å². The molecule has 2 N–H and O–H groups in total. The molecule has 0 saturated heterocycles. The van der Waals surface area contributed by atoms with Gasteiger partial charge in [-0.05, 0) is 24.5 Å². The molecule has 1 aromatic heterocycles. The van der Waals surface area contributed by atoms with Gasteiger partial charge >= 0.3 is 0 Å². The number of fused-ring (bicyclic) bond motifs is 1. The van der Waals surface area contributed by atoms with Gasteiger partial charge in [0.1, 0.15) is 11.3 Å². The minimum Gasteiger partial charge on any atom is -0.459 e. The van der Waals surface area contributed by atoms with Gasteiger partial charge in [0.25, 0.3) is 0 Å². The molecule has 1 aliphatic rings. The quantitative estimate of drug-likeness (QED) is 0.867. The van der Waals surface area contributed by atoms with E-state index in [1.165, 1.54) is 32.1 Å². The number of nitrogens with two attached hydrogens (primary N) is 1. The molecule has 0 aliphatic heterocycles. The Labute approximate surface area is 108 Å². The third-order valence-electron chi connectivity index (χ3n) is 4.12. The van der Waals surface area contributed by atoms with Crippen LogP contribution in [-0.2, 0) is 0 Å². The van der Waals surface area contributed by atoms with E-state index in [4.69, 9.17) is 10.2 Å². The molecule has 3 rings (SSSR count). The zero-order chi connectivity index (χ0) is 12.4. The highest BCUT2D eigenvalue weighted by molar-refractivity contribution is 5.77. The maximum Gasteiger partial charge on any atom is 0.134 e. The fourth-order valence-corrected chi connectivity index (χ4v) is 3.08. The molecule has 1 atom stereocenters. The van der Waals surface area contributed by atoms with Crippen LogP contribution < -0.4 is 5.73 Å². The number of benzene rings is 1. The Morgan fingerprint density at radius 2 is 1.94 bits per heavy atom. The molecule has 18 heavy (non-hydrogen) atoms. The average Bonchev–Trinajstić information content (AvgIpc) is 2.84. The molecule has 1 heterocycles. The summed E-state index contributed by atoms with van der Waals surface area (Å²) in [5.41, 5.74) is 7.25. The lowest BCUT2D eigenvalue weighted by atomic mass is 9.84. The minimum absolute atomic E-state index is 0.0560. The molecule has 0 amide bonds. The van der Waals surface area contributed by atoms with Crippen molar-refractivity contribution in [2.75, 3.05) is 0 Å². The zero-order valence-corrected chi connectivity index (χ0v) is 10.8. The van der Waals surface area contributed by atoms with E-state index in [0.717, 1.165) is 29.1 Å². The smallest absolute Gasteiger partial charge is 0.134 e. The van der Waals surface area contributed by atoms with Crippen molar-refractivity contribution in [2.24, 2.45) is 11.7 Å². The molecular weight excluding hydrogens is 222 g/mol. The van der Waals surface area contributed by atoms with E-state index in [0.29, 0.717) is 0 Å². The summed E-state index contributed by atoms with van der Waals surface area (Å²) in [7, 11) is 0. The summed E-state index contributed by atoms with van der Waals surface area (Å²) < 4.78 is 5.85. The van der Waals surface area contributed by atoms with Crippen molar-refractivity contribution in [2.45, 2.75) is 44.6 Å². The maximum absolute atomic E-state index is 6.30. The SMILES string of the molecule is NC(CC1CCCCC1)c1cc2ccccc2o1. The molecule has 2 heteroatoms. The first-order valence-corrected chi connectivity index (χ1v) is 7.07. The maximum atomic E-state index is 6.30. The van der Waals surface area contributed by atoms with Crippen LogP contribution in [0.2, 0.25) is 0 Å². The summed E-state index contributed by atoms with van der Waals surface area (Å²) in [5, 5.41) is 1.16. The molecule has 1 fully saturated rings. The second-order valence-corrected chi connectivity index (χ2v) is 5.53. The third-order valence-corrected chi connectivity index (χ3v) is 4.12. The average molecular weight is 243 g/mol. The minimum atomic E-state index is 0.0560. The normalized spacial score (nSPS) is 19.2. The van der Waals surface area contributed by atoms with E-state index in [-0.39, 0.29) is 6.04 Å². The van der Waals surface area contributed by atoms with Crippen LogP contribution in [0.3, 0.4) is 0 Å². The van der Waals surface area contributed by atoms with E-state index in [2.05, 4.69) is 12.1 Å². The van der Waals surface area contributed by atoms with E-state index < -0.39 is 0 Å². The van der Waals surface area contributed by atoms with Crippen molar-refractivity contribution in [3.8, 4) is 0 Å². The summed E-state index contributed by atoms with van der Waals surface area (Å²) in [6, 6.07) is 10.3. The van der Waals surface area contributed by atoms with Gasteiger partial charge in [0.2, 0.25) is 0 Å². The Morgan fingerprint density at radius 1 is 1.17 bits per heavy atom. The summed E-state index contributed by atoms with van der Waals surface area (Å²) in [5.74, 6) is 1.74. The summed E-state index contributed by atoms with van der Waals surface area (Å²) in [6.45, 7) is 0. The van der Waals surface area contributed by atoms with E-state index in [1.54, 1.807) is 0 Å². The molecule has 1 saturated carbocycles. The standard InChI is InChI=1S/C16H21NO/c17-14(10-12-6-2-1-3-7-12)16-11-13-8-4-5-9-15(13)18-16/h4-5,8-9,11-12,14H,1-3,6-7,10,17H2. The van der Waals surface area contributed by atoms with Crippen LogP contribution in [0.1, 0.15) is 50.3 Å². The van der Waals surface area contributed by atoms with Gasteiger partial charge < -0.3 is 10.2 Å². The molecule has 2 nitrogen and oxygen atoms in total. The summed E-state index contributed by atoms with van der Waals surface area (Å²) >= 11 is 0. The first kappa shape index (κ1) is 11.8. The second kappa shape index (κ2) is 5.15. The lowest BCUT2D eigenvalue weighted by molar-refractivity contribution is 0.306. The Bertz CT molecular complexity index is 478. The fraction of sp³-hybridized carbons (Fsp3) is 0.500. The van der Waals surface area contributed by atoms with Gasteiger partial charge in [-0.2, -0.15) is 0 Å². The second-order valence-electron chi connectivity index (χ2n) is 5.53. The van der Waals surface area contributed by atoms with Gasteiger partial charge in [-0.15, -0.1) is 0 Å². The van der Waals surface area contributed by atoms with Gasteiger partial charge in [-0.3, -0.25) is 0 Å². The lowest BCUT2D eigenvalue weighted by Gasteiger charge is -2.23. The van der Waals surface area contributed by atoms with E-state index >= 15 is 0 Å². The van der Waals surface area contributed by atoms with Crippen LogP contribution in [-0.4, -0.2) is 0 Å². The highest BCUT2D eigenvalue weighted by atomic mass is 16.3. The fourth-order valence-electron chi connectivity index (χ4n) is 3.08. The first-order chi connectivity index (χ1) is 8.83. The van der Waals surface area contributed by atoms with Crippen molar-refractivity contribution in [3.05, 3.63) is 36.1 Å². The van der Waals surface area contributed by atoms with Crippen molar-refractivity contribution < 1.29 is 4.42 Å². The Kier molecular flexibility index (Phi) is 3.37. The number of rotatable bonds is 3. The molecule has 1 aromatic carbocycles. The van der Waals surface area contributed by atoms with Crippen molar-refractivity contribution >= 4 is 11.0 Å². The number of hydrogen-bond acceptors (Lipinski definition) is 2. The third kappa shape index (κ3) is 2.44. The van der Waals surface area contributed by atoms with E-state index in [9.17, 15) is 0 Å². The number of hydrogen-bond donors (Lipinski definition) is 1. The van der Waals surface area contributed by atoms with Crippen LogP contribution in [0, 0.1) is 5.92 Å². The molecule has 1 unspecified atom stereocenters. The van der Waals surface area contributed by atoms with Gasteiger partial charge in [-0.1, -0.05) is 50.3 Å². The molecule has 0 radical (unpaired) electrons. The van der Waals surface area contributed by atoms with E-state index in [1.807, 2.05) is 18.2 Å². The van der Waals surface area contributed by atoms with Gasteiger partial charge in [-0.25, -0.2) is 0 Å². The molecule has 0 bridgehead atoms. The Balaban J connectivity index is 1.72. The Hall–Kier alpha value is -1.28. The topological polar surface area (TPSA) is 39.2 Å². The van der Waals surface area contributed by atoms with Crippen LogP contribution in [0.4, 0.5) is 0 Å². The zero-order valence-electron chi connectivity index (χ0n) is 10.8. The highest BCUT2D eigenvalue weighted by Gasteiger charge is 2.19. The highest BCUT2D eigenvalue weighted by Crippen LogP contribution is 2.32. The number of para-hydroxylation sites is 1. The van der Waals surface area contributed by atoms with Gasteiger partial charge in [0.05, 0.1) is 6.04 Å². The Morgan fingerprint density at radius 3 is 2.72 bits per heavy atom. The molecule has 0 spiro atoms. The van der Waals surface area contributed by atoms with Crippen LogP contribution in [0.15, 0.2) is 34.7 Å². The van der Waals surface area contributed by atoms with Crippen molar-refractivity contribution in [3.63, 3.8) is 0 Å². The molecule has 1 aliphatic carbocycles. The van der Waals surface area contributed by atoms with Crippen molar-refractivity contribution in [1.82, 2.24) is 0 Å². The molecule has 96 valence electrons. The van der Waals surface area contributed by atoms with Crippen LogP contribution in [0.5, 0.6) is 0 Å². The predicted molar refractivity (Wildman–Crippen MR) is 74.3 cm³/mol. The first-order valence-electron chi connectivity index (χ1n) is 7.07. The molecular formula is C16H21NO. The van der Waals surface area contributed by atoms with Crippen LogP contribution in [0.25, 0.3) is 11.0 Å². The summed E-state index contributed by atoms with van der Waals surface area (Å²) in [6.07, 6.45) is 7.90. The number of furan rings is 1. The predicted octanol–water partition coefficient (Wildman–Crippen LogP) is 4.40. The van der Waals surface area contributed by atoms with Crippen LogP contribution >= 0.6 is 0 Å².